The maximum Gasteiger partial charge on any atom is 0.251 e. The van der Waals surface area contributed by atoms with Crippen molar-refractivity contribution in [3.05, 3.63) is 29.8 Å². The molecule has 0 aliphatic heterocycles. The van der Waals surface area contributed by atoms with Crippen LogP contribution in [0, 0.1) is 17.8 Å². The monoisotopic (exact) mass is 377 g/mol. The number of nitrogens with two attached hydrogens (primary N) is 1. The van der Waals surface area contributed by atoms with Gasteiger partial charge < -0.3 is 16.4 Å². The largest absolute Gasteiger partial charge is 0.349 e. The summed E-state index contributed by atoms with van der Waals surface area (Å²) in [4.78, 5) is 24.9. The molecule has 0 heterocycles. The predicted molar refractivity (Wildman–Crippen MR) is 104 cm³/mol. The van der Waals surface area contributed by atoms with Crippen LogP contribution in [-0.2, 0) is 4.79 Å². The Labute approximate surface area is 160 Å². The Balaban J connectivity index is 0.00000196. The van der Waals surface area contributed by atoms with Crippen molar-refractivity contribution in [1.82, 2.24) is 5.32 Å². The molecule has 6 heteroatoms. The van der Waals surface area contributed by atoms with Crippen molar-refractivity contribution in [1.29, 1.82) is 0 Å². The fourth-order valence-electron chi connectivity index (χ4n) is 4.99. The summed E-state index contributed by atoms with van der Waals surface area (Å²) >= 11 is 0. The number of halogens is 1. The second-order valence-electron chi connectivity index (χ2n) is 7.96. The zero-order valence-electron chi connectivity index (χ0n) is 14.9. The molecule has 1 aromatic rings. The van der Waals surface area contributed by atoms with E-state index in [1.54, 1.807) is 24.3 Å². The minimum atomic E-state index is -0.0657. The van der Waals surface area contributed by atoms with E-state index < -0.39 is 0 Å². The Hall–Kier alpha value is -1.59. The molecule has 4 atom stereocenters. The molecule has 2 bridgehead atoms. The molecule has 3 aliphatic rings. The Morgan fingerprint density at radius 1 is 0.962 bits per heavy atom. The van der Waals surface area contributed by atoms with Gasteiger partial charge in [-0.15, -0.1) is 12.4 Å². The summed E-state index contributed by atoms with van der Waals surface area (Å²) in [6.07, 6.45) is 7.92. The van der Waals surface area contributed by atoms with Crippen LogP contribution < -0.4 is 16.4 Å². The minimum absolute atomic E-state index is 0. The molecular weight excluding hydrogens is 350 g/mol. The molecule has 0 saturated heterocycles. The number of carbonyl (C=O) groups excluding carboxylic acids is 2. The molecular formula is C20H28ClN3O2. The van der Waals surface area contributed by atoms with Gasteiger partial charge in [-0.3, -0.25) is 9.59 Å². The van der Waals surface area contributed by atoms with Crippen LogP contribution in [0.5, 0.6) is 0 Å². The van der Waals surface area contributed by atoms with Gasteiger partial charge in [0.25, 0.3) is 5.91 Å². The first kappa shape index (κ1) is 19.2. The van der Waals surface area contributed by atoms with Crippen molar-refractivity contribution in [3.63, 3.8) is 0 Å². The highest BCUT2D eigenvalue weighted by Crippen LogP contribution is 2.47. The first-order chi connectivity index (χ1) is 12.1. The molecule has 5 nitrogen and oxygen atoms in total. The van der Waals surface area contributed by atoms with Crippen LogP contribution in [0.4, 0.5) is 5.69 Å². The second kappa shape index (κ2) is 7.97. The number of hydrogen-bond donors (Lipinski definition) is 3. The van der Waals surface area contributed by atoms with Gasteiger partial charge in [-0.25, -0.2) is 0 Å². The van der Waals surface area contributed by atoms with Gasteiger partial charge in [0.1, 0.15) is 0 Å². The molecule has 142 valence electrons. The van der Waals surface area contributed by atoms with Crippen molar-refractivity contribution in [2.75, 3.05) is 5.32 Å². The lowest BCUT2D eigenvalue weighted by atomic mass is 9.84. The average Bonchev–Trinajstić information content (AvgIpc) is 3.33. The molecule has 0 spiro atoms. The molecule has 3 fully saturated rings. The number of nitrogens with one attached hydrogen (secondary N) is 2. The van der Waals surface area contributed by atoms with E-state index in [9.17, 15) is 9.59 Å². The molecule has 4 unspecified atom stereocenters. The number of rotatable bonds is 4. The molecule has 4 rings (SSSR count). The fourth-order valence-corrected chi connectivity index (χ4v) is 4.99. The normalized spacial score (nSPS) is 30.0. The van der Waals surface area contributed by atoms with Gasteiger partial charge >= 0.3 is 0 Å². The third-order valence-corrected chi connectivity index (χ3v) is 6.39. The van der Waals surface area contributed by atoms with Crippen LogP contribution in [0.25, 0.3) is 0 Å². The van der Waals surface area contributed by atoms with E-state index in [0.717, 1.165) is 31.4 Å². The standard InChI is InChI=1S/C20H27N3O2.ClH/c21-18-14-6-5-13(11-14)17(18)20(25)23-16-9-7-12(8-10-16)19(24)22-15-3-1-2-4-15;/h7-10,13-15,17-18H,1-6,11,21H2,(H,22,24)(H,23,25);1H. The zero-order chi connectivity index (χ0) is 17.4. The lowest BCUT2D eigenvalue weighted by molar-refractivity contribution is -0.121. The first-order valence-electron chi connectivity index (χ1n) is 9.59. The zero-order valence-corrected chi connectivity index (χ0v) is 15.8. The minimum Gasteiger partial charge on any atom is -0.349 e. The van der Waals surface area contributed by atoms with E-state index in [1.807, 2.05) is 0 Å². The van der Waals surface area contributed by atoms with E-state index in [0.29, 0.717) is 23.4 Å². The second-order valence-corrected chi connectivity index (χ2v) is 7.96. The number of benzene rings is 1. The average molecular weight is 378 g/mol. The van der Waals surface area contributed by atoms with E-state index in [1.165, 1.54) is 19.3 Å². The van der Waals surface area contributed by atoms with Crippen LogP contribution in [0.2, 0.25) is 0 Å². The predicted octanol–water partition coefficient (Wildman–Crippen LogP) is 3.09. The van der Waals surface area contributed by atoms with Gasteiger partial charge in [0.2, 0.25) is 5.91 Å². The Kier molecular flexibility index (Phi) is 5.88. The molecule has 1 aromatic carbocycles. The highest BCUT2D eigenvalue weighted by molar-refractivity contribution is 5.96. The summed E-state index contributed by atoms with van der Waals surface area (Å²) < 4.78 is 0. The van der Waals surface area contributed by atoms with Crippen molar-refractivity contribution in [3.8, 4) is 0 Å². The number of hydrogen-bond acceptors (Lipinski definition) is 3. The summed E-state index contributed by atoms with van der Waals surface area (Å²) in [5.41, 5.74) is 7.62. The van der Waals surface area contributed by atoms with Gasteiger partial charge in [-0.05, 0) is 68.2 Å². The quantitative estimate of drug-likeness (QED) is 0.753. The van der Waals surface area contributed by atoms with Gasteiger partial charge in [-0.2, -0.15) is 0 Å². The third-order valence-electron chi connectivity index (χ3n) is 6.39. The Bertz CT molecular complexity index is 656. The Morgan fingerprint density at radius 3 is 2.23 bits per heavy atom. The highest BCUT2D eigenvalue weighted by atomic mass is 35.5. The topological polar surface area (TPSA) is 84.2 Å². The molecule has 2 amide bonds. The van der Waals surface area contributed by atoms with Crippen LogP contribution in [-0.4, -0.2) is 23.9 Å². The van der Waals surface area contributed by atoms with Crippen LogP contribution >= 0.6 is 12.4 Å². The maximum absolute atomic E-state index is 12.6. The summed E-state index contributed by atoms with van der Waals surface area (Å²) in [7, 11) is 0. The molecule has 26 heavy (non-hydrogen) atoms. The lowest BCUT2D eigenvalue weighted by Gasteiger charge is -2.27. The molecule has 0 radical (unpaired) electrons. The number of anilines is 1. The van der Waals surface area contributed by atoms with Crippen molar-refractivity contribution >= 4 is 29.9 Å². The first-order valence-corrected chi connectivity index (χ1v) is 9.59. The van der Waals surface area contributed by atoms with Crippen molar-refractivity contribution < 1.29 is 9.59 Å². The number of fused-ring (bicyclic) bond motifs is 2. The van der Waals surface area contributed by atoms with Crippen LogP contribution in [0.1, 0.15) is 55.3 Å². The van der Waals surface area contributed by atoms with Gasteiger partial charge in [0.15, 0.2) is 0 Å². The molecule has 3 aliphatic carbocycles. The van der Waals surface area contributed by atoms with E-state index in [-0.39, 0.29) is 36.2 Å². The highest BCUT2D eigenvalue weighted by Gasteiger charge is 2.49. The van der Waals surface area contributed by atoms with Crippen molar-refractivity contribution in [2.24, 2.45) is 23.5 Å². The lowest BCUT2D eigenvalue weighted by Crippen LogP contribution is -2.42. The Morgan fingerprint density at radius 2 is 1.62 bits per heavy atom. The van der Waals surface area contributed by atoms with E-state index in [4.69, 9.17) is 5.73 Å². The molecule has 3 saturated carbocycles. The number of amides is 2. The summed E-state index contributed by atoms with van der Waals surface area (Å²) in [5, 5.41) is 6.07. The maximum atomic E-state index is 12.6. The third kappa shape index (κ3) is 3.74. The summed E-state index contributed by atoms with van der Waals surface area (Å²) in [6.45, 7) is 0. The van der Waals surface area contributed by atoms with Crippen molar-refractivity contribution in [2.45, 2.75) is 57.0 Å². The van der Waals surface area contributed by atoms with Gasteiger partial charge in [-0.1, -0.05) is 12.8 Å². The van der Waals surface area contributed by atoms with Crippen LogP contribution in [0.3, 0.4) is 0 Å². The molecule has 0 aromatic heterocycles. The number of carbonyl (C=O) groups is 2. The summed E-state index contributed by atoms with van der Waals surface area (Å²) in [6, 6.07) is 7.48. The van der Waals surface area contributed by atoms with Gasteiger partial charge in [0, 0.05) is 23.3 Å². The van der Waals surface area contributed by atoms with Crippen LogP contribution in [0.15, 0.2) is 24.3 Å². The SMILES string of the molecule is Cl.NC1C2CCC(C2)C1C(=O)Nc1ccc(C(=O)NC2CCCC2)cc1. The fraction of sp³-hybridized carbons (Fsp3) is 0.600. The van der Waals surface area contributed by atoms with E-state index in [2.05, 4.69) is 10.6 Å². The van der Waals surface area contributed by atoms with Gasteiger partial charge in [0.05, 0.1) is 5.92 Å². The summed E-state index contributed by atoms with van der Waals surface area (Å²) in [5.74, 6) is 0.894. The molecule has 4 N–H and O–H groups in total. The smallest absolute Gasteiger partial charge is 0.251 e. The van der Waals surface area contributed by atoms with E-state index >= 15 is 0 Å².